The molecule has 4 heteroatoms. The molecule has 0 N–H and O–H groups in total. The molecule has 0 amide bonds. The zero-order valence-electron chi connectivity index (χ0n) is 8.16. The summed E-state index contributed by atoms with van der Waals surface area (Å²) in [4.78, 5) is 10.6. The number of alkyl halides is 1. The minimum absolute atomic E-state index is 0.404. The highest BCUT2D eigenvalue weighted by molar-refractivity contribution is 9.09. The van der Waals surface area contributed by atoms with Gasteiger partial charge in [0.05, 0.1) is 0 Å². The van der Waals surface area contributed by atoms with Crippen molar-refractivity contribution in [3.63, 3.8) is 0 Å². The van der Waals surface area contributed by atoms with Gasteiger partial charge in [0, 0.05) is 30.3 Å². The van der Waals surface area contributed by atoms with Gasteiger partial charge in [0.25, 0.3) is 0 Å². The van der Waals surface area contributed by atoms with E-state index in [0.717, 1.165) is 17.0 Å². The highest BCUT2D eigenvalue weighted by Crippen LogP contribution is 2.09. The van der Waals surface area contributed by atoms with Crippen LogP contribution in [0.3, 0.4) is 0 Å². The summed E-state index contributed by atoms with van der Waals surface area (Å²) in [5, 5.41) is 0.917. The third-order valence-corrected chi connectivity index (χ3v) is 2.92. The van der Waals surface area contributed by atoms with E-state index in [9.17, 15) is 0 Å². The molecule has 1 aromatic rings. The van der Waals surface area contributed by atoms with E-state index >= 15 is 0 Å². The Morgan fingerprint density at radius 1 is 1.62 bits per heavy atom. The van der Waals surface area contributed by atoms with Crippen molar-refractivity contribution < 1.29 is 0 Å². The second-order valence-electron chi connectivity index (χ2n) is 3.11. The van der Waals surface area contributed by atoms with E-state index in [1.54, 1.807) is 6.20 Å². The summed E-state index contributed by atoms with van der Waals surface area (Å²) in [6, 6.07) is 2.30. The van der Waals surface area contributed by atoms with Crippen LogP contribution >= 0.6 is 15.9 Å². The monoisotopic (exact) mass is 243 g/mol. The minimum Gasteiger partial charge on any atom is -0.340 e. The maximum Gasteiger partial charge on any atom is 0.225 e. The van der Waals surface area contributed by atoms with Crippen LogP contribution in [-0.4, -0.2) is 28.4 Å². The summed E-state index contributed by atoms with van der Waals surface area (Å²) >= 11 is 3.43. The molecule has 0 radical (unpaired) electrons. The van der Waals surface area contributed by atoms with Crippen LogP contribution < -0.4 is 4.90 Å². The lowest BCUT2D eigenvalue weighted by molar-refractivity contribution is 0.739. The van der Waals surface area contributed by atoms with Crippen molar-refractivity contribution >= 4 is 21.9 Å². The Bertz CT molecular complexity index is 277. The van der Waals surface area contributed by atoms with Gasteiger partial charge >= 0.3 is 0 Å². The van der Waals surface area contributed by atoms with Crippen molar-refractivity contribution in [2.24, 2.45) is 0 Å². The maximum atomic E-state index is 4.34. The van der Waals surface area contributed by atoms with Crippen LogP contribution in [0, 0.1) is 6.92 Å². The third kappa shape index (κ3) is 2.66. The highest BCUT2D eigenvalue weighted by atomic mass is 79.9. The predicted molar refractivity (Wildman–Crippen MR) is 58.4 cm³/mol. The Balaban J connectivity index is 2.82. The Kier molecular flexibility index (Phi) is 3.66. The fourth-order valence-electron chi connectivity index (χ4n) is 0.906. The van der Waals surface area contributed by atoms with Crippen molar-refractivity contribution in [1.82, 2.24) is 9.97 Å². The molecule has 0 aliphatic rings. The van der Waals surface area contributed by atoms with Gasteiger partial charge in [0.15, 0.2) is 0 Å². The molecule has 1 heterocycles. The van der Waals surface area contributed by atoms with Crippen LogP contribution in [0.2, 0.25) is 0 Å². The van der Waals surface area contributed by atoms with Crippen molar-refractivity contribution in [2.75, 3.05) is 17.3 Å². The van der Waals surface area contributed by atoms with Crippen LogP contribution in [0.4, 0.5) is 5.95 Å². The fourth-order valence-corrected chi connectivity index (χ4v) is 1.34. The van der Waals surface area contributed by atoms with E-state index in [4.69, 9.17) is 0 Å². The number of nitrogens with zero attached hydrogens (tertiary/aromatic N) is 3. The van der Waals surface area contributed by atoms with E-state index in [2.05, 4.69) is 37.7 Å². The zero-order chi connectivity index (χ0) is 9.84. The molecule has 3 nitrogen and oxygen atoms in total. The second kappa shape index (κ2) is 4.56. The first-order valence-electron chi connectivity index (χ1n) is 4.23. The van der Waals surface area contributed by atoms with Crippen LogP contribution in [0.15, 0.2) is 12.3 Å². The Hall–Kier alpha value is -0.640. The van der Waals surface area contributed by atoms with Gasteiger partial charge in [-0.3, -0.25) is 0 Å². The predicted octanol–water partition coefficient (Wildman–Crippen LogP) is 2.00. The topological polar surface area (TPSA) is 29.0 Å². The second-order valence-corrected chi connectivity index (χ2v) is 3.76. The van der Waals surface area contributed by atoms with Crippen molar-refractivity contribution in [3.8, 4) is 0 Å². The van der Waals surface area contributed by atoms with Gasteiger partial charge < -0.3 is 4.90 Å². The lowest BCUT2D eigenvalue weighted by Crippen LogP contribution is -2.31. The summed E-state index contributed by atoms with van der Waals surface area (Å²) < 4.78 is 0. The van der Waals surface area contributed by atoms with Crippen LogP contribution in [0.25, 0.3) is 0 Å². The largest absolute Gasteiger partial charge is 0.340 e. The van der Waals surface area contributed by atoms with Gasteiger partial charge in [-0.25, -0.2) is 9.97 Å². The molecule has 0 spiro atoms. The number of aryl methyl sites for hydroxylation is 1. The van der Waals surface area contributed by atoms with E-state index in [0.29, 0.717) is 6.04 Å². The molecule has 13 heavy (non-hydrogen) atoms. The fraction of sp³-hybridized carbons (Fsp3) is 0.556. The molecule has 0 saturated heterocycles. The molecule has 0 aliphatic carbocycles. The first-order valence-corrected chi connectivity index (χ1v) is 5.35. The molecule has 0 aliphatic heterocycles. The highest BCUT2D eigenvalue weighted by Gasteiger charge is 2.10. The Morgan fingerprint density at radius 2 is 2.31 bits per heavy atom. The number of rotatable bonds is 3. The van der Waals surface area contributed by atoms with Gasteiger partial charge in [-0.1, -0.05) is 15.9 Å². The lowest BCUT2D eigenvalue weighted by atomic mass is 10.3. The molecular weight excluding hydrogens is 230 g/mol. The molecule has 72 valence electrons. The average Bonchev–Trinajstić information content (AvgIpc) is 2.15. The molecule has 0 fully saturated rings. The number of hydrogen-bond donors (Lipinski definition) is 0. The summed E-state index contributed by atoms with van der Waals surface area (Å²) in [5.74, 6) is 0.784. The van der Waals surface area contributed by atoms with Gasteiger partial charge in [0.1, 0.15) is 0 Å². The maximum absolute atomic E-state index is 4.34. The van der Waals surface area contributed by atoms with Gasteiger partial charge in [-0.05, 0) is 19.9 Å². The van der Waals surface area contributed by atoms with E-state index in [1.807, 2.05) is 20.0 Å². The third-order valence-electron chi connectivity index (χ3n) is 1.98. The van der Waals surface area contributed by atoms with Crippen LogP contribution in [0.1, 0.15) is 12.6 Å². The molecule has 1 aromatic heterocycles. The summed E-state index contributed by atoms with van der Waals surface area (Å²) in [7, 11) is 2.00. The van der Waals surface area contributed by atoms with Gasteiger partial charge in [-0.15, -0.1) is 0 Å². The minimum atomic E-state index is 0.404. The summed E-state index contributed by atoms with van der Waals surface area (Å²) in [6.07, 6.45) is 1.79. The quantitative estimate of drug-likeness (QED) is 0.761. The Morgan fingerprint density at radius 3 is 2.85 bits per heavy atom. The van der Waals surface area contributed by atoms with E-state index < -0.39 is 0 Å². The van der Waals surface area contributed by atoms with Crippen LogP contribution in [0.5, 0.6) is 0 Å². The Labute approximate surface area is 87.3 Å². The number of halogens is 1. The lowest BCUT2D eigenvalue weighted by Gasteiger charge is -2.22. The summed E-state index contributed by atoms with van der Waals surface area (Å²) in [6.45, 7) is 4.10. The standard InChI is InChI=1S/C9H14BrN3/c1-7-4-5-11-9(12-7)13(3)8(2)6-10/h4-5,8H,6H2,1-3H3. The van der Waals surface area contributed by atoms with Gasteiger partial charge in [-0.2, -0.15) is 0 Å². The number of hydrogen-bond acceptors (Lipinski definition) is 3. The smallest absolute Gasteiger partial charge is 0.225 e. The van der Waals surface area contributed by atoms with Crippen LogP contribution in [-0.2, 0) is 0 Å². The molecule has 0 bridgehead atoms. The summed E-state index contributed by atoms with van der Waals surface area (Å²) in [5.41, 5.74) is 0.999. The number of anilines is 1. The molecule has 0 saturated carbocycles. The zero-order valence-corrected chi connectivity index (χ0v) is 9.74. The van der Waals surface area contributed by atoms with E-state index in [1.165, 1.54) is 0 Å². The van der Waals surface area contributed by atoms with Gasteiger partial charge in [0.2, 0.25) is 5.95 Å². The van der Waals surface area contributed by atoms with Crippen molar-refractivity contribution in [2.45, 2.75) is 19.9 Å². The molecule has 1 unspecified atom stereocenters. The molecular formula is C9H14BrN3. The molecule has 0 aromatic carbocycles. The SMILES string of the molecule is Cc1ccnc(N(C)C(C)CBr)n1. The number of aromatic nitrogens is 2. The average molecular weight is 244 g/mol. The molecule has 1 rings (SSSR count). The first-order chi connectivity index (χ1) is 6.15. The van der Waals surface area contributed by atoms with E-state index in [-0.39, 0.29) is 0 Å². The molecule has 1 atom stereocenters. The first kappa shape index (κ1) is 10.4. The normalized spacial score (nSPS) is 12.6. The van der Waals surface area contributed by atoms with Crippen molar-refractivity contribution in [1.29, 1.82) is 0 Å². The van der Waals surface area contributed by atoms with Crippen molar-refractivity contribution in [3.05, 3.63) is 18.0 Å².